The summed E-state index contributed by atoms with van der Waals surface area (Å²) in [6, 6.07) is 6.13. The smallest absolute Gasteiger partial charge is 0.261 e. The third kappa shape index (κ3) is 4.89. The van der Waals surface area contributed by atoms with Crippen LogP contribution in [0.3, 0.4) is 0 Å². The van der Waals surface area contributed by atoms with Crippen LogP contribution in [0, 0.1) is 4.78 Å². The zero-order chi connectivity index (χ0) is 21.0. The number of ether oxygens (including phenoxy) is 1. The molecule has 1 heterocycles. The Morgan fingerprint density at radius 3 is 2.83 bits per heavy atom. The summed E-state index contributed by atoms with van der Waals surface area (Å²) in [6.07, 6.45) is 5.17. The van der Waals surface area contributed by atoms with Gasteiger partial charge in [0.2, 0.25) is 0 Å². The number of carbonyl (C=O) groups is 1. The summed E-state index contributed by atoms with van der Waals surface area (Å²) in [5.74, 6) is -0.0784. The molecular formula is C20H22ClN3O4S. The van der Waals surface area contributed by atoms with Crippen molar-refractivity contribution in [3.05, 3.63) is 67.9 Å². The van der Waals surface area contributed by atoms with Gasteiger partial charge in [-0.25, -0.2) is 8.99 Å². The summed E-state index contributed by atoms with van der Waals surface area (Å²) in [7, 11) is -1.76. The maximum atomic E-state index is 12.6. The van der Waals surface area contributed by atoms with Crippen molar-refractivity contribution in [3.63, 3.8) is 0 Å². The van der Waals surface area contributed by atoms with E-state index in [0.29, 0.717) is 5.75 Å². The van der Waals surface area contributed by atoms with Crippen LogP contribution in [0.2, 0.25) is 5.02 Å². The van der Waals surface area contributed by atoms with E-state index in [1.54, 1.807) is 12.1 Å². The number of amides is 1. The fourth-order valence-electron chi connectivity index (χ4n) is 3.19. The standard InChI is InChI=1S/C20H22ClN3O4S/c1-28-18-8-7-14(12-16(18)21)29(22,27)10-4-9-23-19(25)15-11-13-5-2-3-6-17(13)24-20(15)26/h4,7-8,10-12,22H,2-3,5-6,9H2,1H3,(H,23,25)(H,24,26)/b10-4+. The molecule has 1 atom stereocenters. The summed E-state index contributed by atoms with van der Waals surface area (Å²) in [5.41, 5.74) is 1.56. The number of halogens is 1. The first kappa shape index (κ1) is 21.1. The van der Waals surface area contributed by atoms with Crippen LogP contribution in [0.15, 0.2) is 45.4 Å². The van der Waals surface area contributed by atoms with E-state index in [1.807, 2.05) is 0 Å². The van der Waals surface area contributed by atoms with Gasteiger partial charge in [-0.2, -0.15) is 0 Å². The van der Waals surface area contributed by atoms with Crippen LogP contribution in [-0.4, -0.2) is 28.8 Å². The predicted octanol–water partition coefficient (Wildman–Crippen LogP) is 3.27. The number of benzene rings is 1. The average molecular weight is 436 g/mol. The van der Waals surface area contributed by atoms with Gasteiger partial charge in [0.15, 0.2) is 0 Å². The molecule has 1 aliphatic rings. The Morgan fingerprint density at radius 1 is 1.34 bits per heavy atom. The highest BCUT2D eigenvalue weighted by atomic mass is 35.5. The highest BCUT2D eigenvalue weighted by Crippen LogP contribution is 2.27. The van der Waals surface area contributed by atoms with Gasteiger partial charge in [0.25, 0.3) is 11.5 Å². The average Bonchev–Trinajstić information content (AvgIpc) is 2.70. The maximum absolute atomic E-state index is 12.6. The van der Waals surface area contributed by atoms with E-state index >= 15 is 0 Å². The van der Waals surface area contributed by atoms with E-state index in [2.05, 4.69) is 10.3 Å². The Balaban J connectivity index is 1.66. The van der Waals surface area contributed by atoms with E-state index in [1.165, 1.54) is 30.7 Å². The van der Waals surface area contributed by atoms with E-state index < -0.39 is 21.2 Å². The molecule has 154 valence electrons. The third-order valence-corrected chi connectivity index (χ3v) is 6.55. The van der Waals surface area contributed by atoms with Crippen molar-refractivity contribution in [2.75, 3.05) is 13.7 Å². The summed E-state index contributed by atoms with van der Waals surface area (Å²) >= 11 is 6.02. The number of H-pyrrole nitrogens is 1. The molecule has 2 aromatic rings. The summed E-state index contributed by atoms with van der Waals surface area (Å²) in [6.45, 7) is 0.0368. The fourth-order valence-corrected chi connectivity index (χ4v) is 4.60. The maximum Gasteiger partial charge on any atom is 0.261 e. The first-order valence-electron chi connectivity index (χ1n) is 9.14. The number of nitrogens with one attached hydrogen (secondary N) is 3. The van der Waals surface area contributed by atoms with Gasteiger partial charge >= 0.3 is 0 Å². The number of aromatic amines is 1. The van der Waals surface area contributed by atoms with Crippen LogP contribution in [0.5, 0.6) is 5.75 Å². The first-order chi connectivity index (χ1) is 13.8. The molecule has 0 saturated carbocycles. The lowest BCUT2D eigenvalue weighted by Crippen LogP contribution is -2.31. The fraction of sp³-hybridized carbons (Fsp3) is 0.300. The van der Waals surface area contributed by atoms with Crippen LogP contribution in [0.4, 0.5) is 0 Å². The molecule has 1 amide bonds. The molecule has 29 heavy (non-hydrogen) atoms. The molecule has 0 saturated heterocycles. The molecular weight excluding hydrogens is 414 g/mol. The van der Waals surface area contributed by atoms with E-state index in [0.717, 1.165) is 36.9 Å². The van der Waals surface area contributed by atoms with Crippen LogP contribution in [-0.2, 0) is 22.6 Å². The minimum Gasteiger partial charge on any atom is -0.495 e. The lowest BCUT2D eigenvalue weighted by Gasteiger charge is -2.15. The van der Waals surface area contributed by atoms with Crippen LogP contribution in [0.25, 0.3) is 0 Å². The van der Waals surface area contributed by atoms with Gasteiger partial charge in [-0.05, 0) is 55.5 Å². The summed E-state index contributed by atoms with van der Waals surface area (Å²) in [4.78, 5) is 27.5. The Bertz CT molecular complexity index is 1120. The molecule has 0 bridgehead atoms. The van der Waals surface area contributed by atoms with Crippen molar-refractivity contribution in [3.8, 4) is 5.75 Å². The number of methoxy groups -OCH3 is 1. The van der Waals surface area contributed by atoms with E-state index in [4.69, 9.17) is 21.1 Å². The molecule has 1 aliphatic carbocycles. The number of hydrogen-bond acceptors (Lipinski definition) is 5. The zero-order valence-corrected chi connectivity index (χ0v) is 17.5. The van der Waals surface area contributed by atoms with Crippen LogP contribution in [0.1, 0.15) is 34.5 Å². The largest absolute Gasteiger partial charge is 0.495 e. The second-order valence-corrected chi connectivity index (χ2v) is 9.05. The van der Waals surface area contributed by atoms with Gasteiger partial charge in [0.05, 0.1) is 26.8 Å². The van der Waals surface area contributed by atoms with Gasteiger partial charge in [-0.1, -0.05) is 17.7 Å². The highest BCUT2D eigenvalue weighted by Gasteiger charge is 2.16. The molecule has 1 aromatic carbocycles. The molecule has 0 fully saturated rings. The molecule has 0 aliphatic heterocycles. The number of hydrogen-bond donors (Lipinski definition) is 3. The SMILES string of the molecule is COc1ccc(S(=N)(=O)/C=C/CNC(=O)c2cc3c([nH]c2=O)CCCC3)cc1Cl. The van der Waals surface area contributed by atoms with Crippen molar-refractivity contribution in [1.82, 2.24) is 10.3 Å². The lowest BCUT2D eigenvalue weighted by molar-refractivity contribution is 0.0956. The monoisotopic (exact) mass is 435 g/mol. The van der Waals surface area contributed by atoms with E-state index in [9.17, 15) is 13.8 Å². The number of fused-ring (bicyclic) bond motifs is 1. The van der Waals surface area contributed by atoms with Crippen molar-refractivity contribution in [2.45, 2.75) is 30.6 Å². The third-order valence-electron chi connectivity index (χ3n) is 4.72. The minimum absolute atomic E-state index is 0.0368. The van der Waals surface area contributed by atoms with Gasteiger partial charge in [0, 0.05) is 17.6 Å². The lowest BCUT2D eigenvalue weighted by atomic mass is 9.95. The zero-order valence-electron chi connectivity index (χ0n) is 15.9. The Kier molecular flexibility index (Phi) is 6.44. The number of rotatable bonds is 6. The molecule has 1 aromatic heterocycles. The normalized spacial score (nSPS) is 15.5. The molecule has 3 N–H and O–H groups in total. The Labute approximate surface area is 174 Å². The quantitative estimate of drug-likeness (QED) is 0.646. The van der Waals surface area contributed by atoms with Gasteiger partial charge in [-0.15, -0.1) is 0 Å². The van der Waals surface area contributed by atoms with Gasteiger partial charge in [0.1, 0.15) is 11.3 Å². The van der Waals surface area contributed by atoms with E-state index in [-0.39, 0.29) is 22.0 Å². The molecule has 7 nitrogen and oxygen atoms in total. The predicted molar refractivity (Wildman–Crippen MR) is 112 cm³/mol. The molecule has 0 spiro atoms. The number of aryl methyl sites for hydroxylation is 2. The van der Waals surface area contributed by atoms with Gasteiger partial charge in [-0.3, -0.25) is 9.59 Å². The molecule has 3 rings (SSSR count). The van der Waals surface area contributed by atoms with Crippen molar-refractivity contribution in [2.24, 2.45) is 0 Å². The second kappa shape index (κ2) is 8.84. The molecule has 9 heteroatoms. The number of aromatic nitrogens is 1. The molecule has 1 unspecified atom stereocenters. The van der Waals surface area contributed by atoms with Crippen molar-refractivity contribution in [1.29, 1.82) is 4.78 Å². The van der Waals surface area contributed by atoms with Crippen molar-refractivity contribution >= 4 is 27.2 Å². The molecule has 0 radical (unpaired) electrons. The van der Waals surface area contributed by atoms with Crippen LogP contribution >= 0.6 is 11.6 Å². The first-order valence-corrected chi connectivity index (χ1v) is 11.1. The Hall–Kier alpha value is -2.58. The topological polar surface area (TPSA) is 112 Å². The summed E-state index contributed by atoms with van der Waals surface area (Å²) < 4.78 is 25.7. The van der Waals surface area contributed by atoms with Crippen molar-refractivity contribution < 1.29 is 13.7 Å². The highest BCUT2D eigenvalue weighted by molar-refractivity contribution is 7.95. The van der Waals surface area contributed by atoms with Crippen LogP contribution < -0.4 is 15.6 Å². The number of pyridine rings is 1. The summed E-state index contributed by atoms with van der Waals surface area (Å²) in [5, 5.41) is 4.07. The second-order valence-electron chi connectivity index (χ2n) is 6.70. The van der Waals surface area contributed by atoms with Gasteiger partial charge < -0.3 is 15.0 Å². The minimum atomic E-state index is -3.23. The Morgan fingerprint density at radius 2 is 2.10 bits per heavy atom. The number of carbonyl (C=O) groups excluding carboxylic acids is 1.